The molecule has 3 aliphatic carbocycles. The molecule has 1 aliphatic heterocycles. The van der Waals surface area contributed by atoms with Gasteiger partial charge in [0.2, 0.25) is 11.8 Å². The summed E-state index contributed by atoms with van der Waals surface area (Å²) in [7, 11) is 0. The van der Waals surface area contributed by atoms with E-state index in [1.807, 2.05) is 0 Å². The van der Waals surface area contributed by atoms with Gasteiger partial charge in [-0.1, -0.05) is 59.1 Å². The number of fused-ring (bicyclic) bond motifs is 5. The maximum Gasteiger partial charge on any atom is 0.326 e. The lowest BCUT2D eigenvalue weighted by Gasteiger charge is -2.36. The van der Waals surface area contributed by atoms with Crippen molar-refractivity contribution >= 4 is 49.6 Å². The molecule has 4 aliphatic rings. The summed E-state index contributed by atoms with van der Waals surface area (Å²) in [4.78, 5) is 40.2. The number of ether oxygens (including phenoxy) is 1. The second-order valence-corrected chi connectivity index (χ2v) is 11.7. The Hall–Kier alpha value is -0.430. The largest absolute Gasteiger partial charge is 0.461 e. The van der Waals surface area contributed by atoms with Crippen LogP contribution in [0.2, 0.25) is 0 Å². The van der Waals surface area contributed by atoms with E-state index in [-0.39, 0.29) is 57.8 Å². The Kier molecular flexibility index (Phi) is 5.71. The number of hydrogen-bond donors (Lipinski definition) is 0. The van der Waals surface area contributed by atoms with Gasteiger partial charge in [0.15, 0.2) is 0 Å². The van der Waals surface area contributed by atoms with Crippen LogP contribution in [0.4, 0.5) is 0 Å². The van der Waals surface area contributed by atoms with Gasteiger partial charge in [-0.15, -0.1) is 0 Å². The van der Waals surface area contributed by atoms with E-state index in [1.165, 1.54) is 4.90 Å². The Morgan fingerprint density at radius 3 is 2.18 bits per heavy atom. The van der Waals surface area contributed by atoms with Crippen LogP contribution >= 0.6 is 31.9 Å². The van der Waals surface area contributed by atoms with Crippen LogP contribution in [0, 0.1) is 41.4 Å². The molecule has 0 aromatic carbocycles. The van der Waals surface area contributed by atoms with E-state index in [9.17, 15) is 14.4 Å². The molecular formula is C21H29Br2NO4. The van der Waals surface area contributed by atoms with Crippen molar-refractivity contribution in [1.82, 2.24) is 4.90 Å². The van der Waals surface area contributed by atoms with Gasteiger partial charge in [0, 0.05) is 9.65 Å². The van der Waals surface area contributed by atoms with E-state index in [0.717, 1.165) is 25.7 Å². The molecule has 156 valence electrons. The Morgan fingerprint density at radius 2 is 1.64 bits per heavy atom. The van der Waals surface area contributed by atoms with Gasteiger partial charge in [0.05, 0.1) is 11.8 Å². The minimum absolute atomic E-state index is 0.112. The molecular weight excluding hydrogens is 490 g/mol. The molecule has 4 rings (SSSR count). The van der Waals surface area contributed by atoms with Gasteiger partial charge in [0.1, 0.15) is 12.6 Å². The van der Waals surface area contributed by atoms with Gasteiger partial charge in [-0.25, -0.2) is 0 Å². The van der Waals surface area contributed by atoms with E-state index in [1.54, 1.807) is 0 Å². The molecule has 28 heavy (non-hydrogen) atoms. The summed E-state index contributed by atoms with van der Waals surface area (Å²) < 4.78 is 5.82. The van der Waals surface area contributed by atoms with Crippen molar-refractivity contribution in [2.24, 2.45) is 41.4 Å². The predicted molar refractivity (Wildman–Crippen MR) is 112 cm³/mol. The van der Waals surface area contributed by atoms with Crippen molar-refractivity contribution in [1.29, 1.82) is 0 Å². The molecule has 2 amide bonds. The second kappa shape index (κ2) is 7.68. The van der Waals surface area contributed by atoms with Crippen molar-refractivity contribution in [2.45, 2.75) is 62.2 Å². The lowest BCUT2D eigenvalue weighted by atomic mass is 9.75. The summed E-state index contributed by atoms with van der Waals surface area (Å²) in [5, 5.41) is 0. The number of alkyl halides is 2. The third kappa shape index (κ3) is 3.28. The summed E-state index contributed by atoms with van der Waals surface area (Å²) in [6.45, 7) is 6.29. The molecule has 0 spiro atoms. The lowest BCUT2D eigenvalue weighted by Crippen LogP contribution is -2.41. The number of carbonyl (C=O) groups excluding carboxylic acids is 3. The number of amides is 2. The van der Waals surface area contributed by atoms with Crippen LogP contribution in [-0.2, 0) is 19.1 Å². The first kappa shape index (κ1) is 20.8. The Bertz CT molecular complexity index is 651. The fourth-order valence-corrected chi connectivity index (χ4v) is 8.03. The van der Waals surface area contributed by atoms with E-state index in [2.05, 4.69) is 52.6 Å². The Balaban J connectivity index is 1.43. The van der Waals surface area contributed by atoms with Crippen molar-refractivity contribution in [3.63, 3.8) is 0 Å². The maximum absolute atomic E-state index is 13.0. The van der Waals surface area contributed by atoms with Crippen LogP contribution in [-0.4, -0.2) is 45.0 Å². The molecule has 0 unspecified atom stereocenters. The van der Waals surface area contributed by atoms with Crippen LogP contribution in [0.5, 0.6) is 0 Å². The SMILES string of the molecule is CC(C)[C@H]1CC[C@@H](C)C[C@H]1OC(=O)CN1C(=O)[C@@H]2[C@H]3C[C@@H]([C@H](Br)[C@@H]3Br)[C@@H]2C1=O. The fourth-order valence-electron chi connectivity index (χ4n) is 6.15. The number of nitrogens with zero attached hydrogens (tertiary/aromatic N) is 1. The number of rotatable bonds is 4. The van der Waals surface area contributed by atoms with Crippen LogP contribution in [0.25, 0.3) is 0 Å². The fraction of sp³-hybridized carbons (Fsp3) is 0.857. The summed E-state index contributed by atoms with van der Waals surface area (Å²) in [5.74, 6) is 0.312. The Labute approximate surface area is 183 Å². The lowest BCUT2D eigenvalue weighted by molar-refractivity contribution is -0.162. The van der Waals surface area contributed by atoms with Crippen LogP contribution in [0.3, 0.4) is 0 Å². The molecule has 0 N–H and O–H groups in total. The number of carbonyl (C=O) groups is 3. The molecule has 4 fully saturated rings. The average molecular weight is 519 g/mol. The average Bonchev–Trinajstić information content (AvgIpc) is 3.22. The van der Waals surface area contributed by atoms with Gasteiger partial charge < -0.3 is 4.74 Å². The minimum Gasteiger partial charge on any atom is -0.461 e. The normalized spacial score (nSPS) is 45.1. The summed E-state index contributed by atoms with van der Waals surface area (Å²) in [6, 6.07) is 0. The zero-order valence-electron chi connectivity index (χ0n) is 16.6. The van der Waals surface area contributed by atoms with Gasteiger partial charge >= 0.3 is 5.97 Å². The van der Waals surface area contributed by atoms with E-state index in [4.69, 9.17) is 4.74 Å². The summed E-state index contributed by atoms with van der Waals surface area (Å²) in [5.41, 5.74) is 0. The van der Waals surface area contributed by atoms with Gasteiger partial charge in [-0.2, -0.15) is 0 Å². The molecule has 9 atom stereocenters. The highest BCUT2D eigenvalue weighted by Gasteiger charge is 2.66. The standard InChI is InChI=1S/C21H29Br2NO4/c1-9(2)11-5-4-10(3)6-14(11)28-15(25)8-24-20(26)16-12-7-13(17(16)21(24)27)19(23)18(12)22/h9-14,16-19H,4-8H2,1-3H3/t10-,11-,12-,13-,14-,16-,17+,18-,19+/m1/s1. The number of halogens is 2. The molecule has 3 saturated carbocycles. The van der Waals surface area contributed by atoms with E-state index in [0.29, 0.717) is 17.8 Å². The predicted octanol–water partition coefficient (Wildman–Crippen LogP) is 3.77. The van der Waals surface area contributed by atoms with Gasteiger partial charge in [-0.05, 0) is 48.9 Å². The minimum atomic E-state index is -0.440. The first-order valence-corrected chi connectivity index (χ1v) is 12.4. The van der Waals surface area contributed by atoms with Crippen molar-refractivity contribution < 1.29 is 19.1 Å². The number of likely N-dealkylation sites (tertiary alicyclic amines) is 1. The highest BCUT2D eigenvalue weighted by molar-refractivity contribution is 9.12. The molecule has 2 bridgehead atoms. The monoisotopic (exact) mass is 517 g/mol. The number of imide groups is 1. The highest BCUT2D eigenvalue weighted by atomic mass is 79.9. The van der Waals surface area contributed by atoms with Crippen LogP contribution in [0.1, 0.15) is 46.5 Å². The Morgan fingerprint density at radius 1 is 1.07 bits per heavy atom. The topological polar surface area (TPSA) is 63.7 Å². The number of esters is 1. The van der Waals surface area contributed by atoms with Gasteiger partial charge in [0.25, 0.3) is 0 Å². The maximum atomic E-state index is 13.0. The van der Waals surface area contributed by atoms with Crippen LogP contribution < -0.4 is 0 Å². The molecule has 0 radical (unpaired) electrons. The van der Waals surface area contributed by atoms with Gasteiger partial charge in [-0.3, -0.25) is 19.3 Å². The van der Waals surface area contributed by atoms with E-state index >= 15 is 0 Å². The van der Waals surface area contributed by atoms with E-state index < -0.39 is 5.97 Å². The quantitative estimate of drug-likeness (QED) is 0.323. The third-order valence-electron chi connectivity index (χ3n) is 7.61. The molecule has 1 heterocycles. The molecule has 0 aromatic heterocycles. The summed E-state index contributed by atoms with van der Waals surface area (Å²) >= 11 is 7.37. The molecule has 5 nitrogen and oxygen atoms in total. The summed E-state index contributed by atoms with van der Waals surface area (Å²) in [6.07, 6.45) is 3.87. The third-order valence-corrected chi connectivity index (χ3v) is 10.8. The molecule has 7 heteroatoms. The highest BCUT2D eigenvalue weighted by Crippen LogP contribution is 2.60. The first-order valence-electron chi connectivity index (χ1n) is 10.5. The number of hydrogen-bond acceptors (Lipinski definition) is 4. The zero-order valence-corrected chi connectivity index (χ0v) is 19.8. The smallest absolute Gasteiger partial charge is 0.326 e. The van der Waals surface area contributed by atoms with Crippen molar-refractivity contribution in [2.75, 3.05) is 6.54 Å². The first-order chi connectivity index (χ1) is 13.2. The second-order valence-electron chi connectivity index (χ2n) is 9.62. The molecule has 0 aromatic rings. The van der Waals surface area contributed by atoms with Crippen molar-refractivity contribution in [3.8, 4) is 0 Å². The van der Waals surface area contributed by atoms with Crippen molar-refractivity contribution in [3.05, 3.63) is 0 Å². The zero-order chi connectivity index (χ0) is 20.3. The molecule has 1 saturated heterocycles. The van der Waals surface area contributed by atoms with Crippen LogP contribution in [0.15, 0.2) is 0 Å².